The molecule has 1 amide bonds. The normalized spacial score (nSPS) is 10.5. The fourth-order valence-corrected chi connectivity index (χ4v) is 1.86. The molecule has 0 unspecified atom stereocenters. The Morgan fingerprint density at radius 2 is 2.35 bits per heavy atom. The largest absolute Gasteiger partial charge is 0.383 e. The summed E-state index contributed by atoms with van der Waals surface area (Å²) in [5.41, 5.74) is 2.25. The number of hydrogen-bond acceptors (Lipinski definition) is 4. The van der Waals surface area contributed by atoms with E-state index < -0.39 is 0 Å². The van der Waals surface area contributed by atoms with Crippen LogP contribution in [-0.4, -0.2) is 34.2 Å². The molecule has 0 spiro atoms. The second-order valence-corrected chi connectivity index (χ2v) is 4.42. The molecule has 6 heteroatoms. The molecule has 0 saturated heterocycles. The van der Waals surface area contributed by atoms with E-state index >= 15 is 0 Å². The molecule has 106 valence electrons. The summed E-state index contributed by atoms with van der Waals surface area (Å²) in [6.45, 7) is 3.60. The summed E-state index contributed by atoms with van der Waals surface area (Å²) in [6, 6.07) is 3.68. The monoisotopic (exact) mass is 274 g/mol. The van der Waals surface area contributed by atoms with E-state index in [4.69, 9.17) is 4.74 Å². The van der Waals surface area contributed by atoms with Crippen LogP contribution < -0.4 is 5.32 Å². The zero-order chi connectivity index (χ0) is 14.4. The molecule has 0 aliphatic carbocycles. The van der Waals surface area contributed by atoms with Crippen molar-refractivity contribution in [3.8, 4) is 0 Å². The molecular weight excluding hydrogens is 256 g/mol. The molecule has 0 saturated carbocycles. The van der Waals surface area contributed by atoms with Crippen molar-refractivity contribution in [2.45, 2.75) is 20.0 Å². The van der Waals surface area contributed by atoms with Crippen LogP contribution in [0.3, 0.4) is 0 Å². The highest BCUT2D eigenvalue weighted by molar-refractivity contribution is 5.93. The Kier molecular flexibility index (Phi) is 4.84. The van der Waals surface area contributed by atoms with Crippen molar-refractivity contribution in [1.82, 2.24) is 19.9 Å². The molecular formula is C14H18N4O2. The first-order valence-corrected chi connectivity index (χ1v) is 6.40. The molecule has 0 fully saturated rings. The van der Waals surface area contributed by atoms with Gasteiger partial charge < -0.3 is 14.6 Å². The summed E-state index contributed by atoms with van der Waals surface area (Å²) < 4.78 is 6.99. The number of ether oxygens (including phenoxy) is 1. The Bertz CT molecular complexity index is 580. The number of hydrogen-bond donors (Lipinski definition) is 1. The van der Waals surface area contributed by atoms with E-state index in [1.807, 2.05) is 23.6 Å². The Labute approximate surface area is 117 Å². The van der Waals surface area contributed by atoms with E-state index in [2.05, 4.69) is 15.3 Å². The topological polar surface area (TPSA) is 69.0 Å². The van der Waals surface area contributed by atoms with Gasteiger partial charge in [-0.1, -0.05) is 6.07 Å². The standard InChI is InChI=1S/C14H18N4O2/c1-11-4-3-5-16-13(11)14(19)17-9-12-8-15-10-18(12)6-7-20-2/h3-5,8,10H,6-7,9H2,1-2H3,(H,17,19). The number of methoxy groups -OCH3 is 1. The highest BCUT2D eigenvalue weighted by atomic mass is 16.5. The van der Waals surface area contributed by atoms with Gasteiger partial charge in [0.05, 0.1) is 25.2 Å². The van der Waals surface area contributed by atoms with Gasteiger partial charge in [0, 0.05) is 26.0 Å². The van der Waals surface area contributed by atoms with Gasteiger partial charge in [-0.15, -0.1) is 0 Å². The molecule has 0 aliphatic heterocycles. The minimum atomic E-state index is -0.178. The maximum atomic E-state index is 12.1. The summed E-state index contributed by atoms with van der Waals surface area (Å²) in [5, 5.41) is 2.86. The third kappa shape index (κ3) is 3.42. The average molecular weight is 274 g/mol. The lowest BCUT2D eigenvalue weighted by molar-refractivity contribution is 0.0944. The van der Waals surface area contributed by atoms with E-state index in [0.29, 0.717) is 25.4 Å². The van der Waals surface area contributed by atoms with E-state index in [1.54, 1.807) is 25.8 Å². The number of imidazole rings is 1. The number of aromatic nitrogens is 3. The second-order valence-electron chi connectivity index (χ2n) is 4.42. The van der Waals surface area contributed by atoms with Gasteiger partial charge in [-0.25, -0.2) is 4.98 Å². The maximum absolute atomic E-state index is 12.1. The predicted molar refractivity (Wildman–Crippen MR) is 74.2 cm³/mol. The van der Waals surface area contributed by atoms with Gasteiger partial charge in [-0.05, 0) is 18.6 Å². The van der Waals surface area contributed by atoms with Crippen molar-refractivity contribution in [3.63, 3.8) is 0 Å². The van der Waals surface area contributed by atoms with Crippen LogP contribution in [0, 0.1) is 6.92 Å². The number of carbonyl (C=O) groups is 1. The fraction of sp³-hybridized carbons (Fsp3) is 0.357. The Morgan fingerprint density at radius 3 is 3.10 bits per heavy atom. The molecule has 0 aromatic carbocycles. The maximum Gasteiger partial charge on any atom is 0.270 e. The van der Waals surface area contributed by atoms with Crippen LogP contribution in [0.4, 0.5) is 0 Å². The third-order valence-electron chi connectivity index (χ3n) is 2.99. The lowest BCUT2D eigenvalue weighted by Gasteiger charge is -2.09. The molecule has 0 aliphatic rings. The van der Waals surface area contributed by atoms with Crippen LogP contribution in [0.25, 0.3) is 0 Å². The number of rotatable bonds is 6. The predicted octanol–water partition coefficient (Wildman–Crippen LogP) is 1.16. The summed E-state index contributed by atoms with van der Waals surface area (Å²) in [6.07, 6.45) is 5.08. The zero-order valence-corrected chi connectivity index (χ0v) is 11.7. The SMILES string of the molecule is COCCn1cncc1CNC(=O)c1ncccc1C. The molecule has 20 heavy (non-hydrogen) atoms. The van der Waals surface area contributed by atoms with Gasteiger partial charge in [-0.2, -0.15) is 0 Å². The number of amides is 1. The van der Waals surface area contributed by atoms with Gasteiger partial charge >= 0.3 is 0 Å². The lowest BCUT2D eigenvalue weighted by Crippen LogP contribution is -2.26. The second kappa shape index (κ2) is 6.81. The van der Waals surface area contributed by atoms with Crippen molar-refractivity contribution in [3.05, 3.63) is 47.8 Å². The Balaban J connectivity index is 1.97. The van der Waals surface area contributed by atoms with Crippen LogP contribution in [0.15, 0.2) is 30.9 Å². The molecule has 2 aromatic heterocycles. The van der Waals surface area contributed by atoms with Crippen LogP contribution in [0.2, 0.25) is 0 Å². The van der Waals surface area contributed by atoms with Gasteiger partial charge in [0.2, 0.25) is 0 Å². The molecule has 6 nitrogen and oxygen atoms in total. The molecule has 2 rings (SSSR count). The molecule has 2 heterocycles. The smallest absolute Gasteiger partial charge is 0.270 e. The number of nitrogens with one attached hydrogen (secondary N) is 1. The lowest BCUT2D eigenvalue weighted by atomic mass is 10.2. The van der Waals surface area contributed by atoms with Crippen molar-refractivity contribution in [2.24, 2.45) is 0 Å². The highest BCUT2D eigenvalue weighted by Crippen LogP contribution is 2.04. The number of nitrogens with zero attached hydrogens (tertiary/aromatic N) is 3. The molecule has 0 atom stereocenters. The third-order valence-corrected chi connectivity index (χ3v) is 2.99. The summed E-state index contributed by atoms with van der Waals surface area (Å²) in [4.78, 5) is 20.2. The fourth-order valence-electron chi connectivity index (χ4n) is 1.86. The first kappa shape index (κ1) is 14.2. The van der Waals surface area contributed by atoms with E-state index in [1.165, 1.54) is 0 Å². The van der Waals surface area contributed by atoms with E-state index in [9.17, 15) is 4.79 Å². The Morgan fingerprint density at radius 1 is 1.50 bits per heavy atom. The number of aryl methyl sites for hydroxylation is 1. The minimum Gasteiger partial charge on any atom is -0.383 e. The summed E-state index contributed by atoms with van der Waals surface area (Å²) in [7, 11) is 1.65. The van der Waals surface area contributed by atoms with Gasteiger partial charge in [0.15, 0.2) is 0 Å². The van der Waals surface area contributed by atoms with Crippen molar-refractivity contribution in [2.75, 3.05) is 13.7 Å². The Hall–Kier alpha value is -2.21. The van der Waals surface area contributed by atoms with Crippen LogP contribution in [0.5, 0.6) is 0 Å². The molecule has 2 aromatic rings. The van der Waals surface area contributed by atoms with Crippen molar-refractivity contribution in [1.29, 1.82) is 0 Å². The van der Waals surface area contributed by atoms with Gasteiger partial charge in [0.1, 0.15) is 5.69 Å². The molecule has 0 bridgehead atoms. The quantitative estimate of drug-likeness (QED) is 0.858. The molecule has 1 N–H and O–H groups in total. The molecule has 0 radical (unpaired) electrons. The number of carbonyl (C=O) groups excluding carboxylic acids is 1. The zero-order valence-electron chi connectivity index (χ0n) is 11.7. The van der Waals surface area contributed by atoms with Crippen molar-refractivity contribution < 1.29 is 9.53 Å². The minimum absolute atomic E-state index is 0.178. The van der Waals surface area contributed by atoms with Crippen LogP contribution in [-0.2, 0) is 17.8 Å². The van der Waals surface area contributed by atoms with E-state index in [-0.39, 0.29) is 5.91 Å². The highest BCUT2D eigenvalue weighted by Gasteiger charge is 2.10. The van der Waals surface area contributed by atoms with Gasteiger partial charge in [0.25, 0.3) is 5.91 Å². The summed E-state index contributed by atoms with van der Waals surface area (Å²) in [5.74, 6) is -0.178. The van der Waals surface area contributed by atoms with Crippen molar-refractivity contribution >= 4 is 5.91 Å². The first-order chi connectivity index (χ1) is 9.72. The van der Waals surface area contributed by atoms with Crippen LogP contribution in [0.1, 0.15) is 21.7 Å². The van der Waals surface area contributed by atoms with Crippen LogP contribution >= 0.6 is 0 Å². The first-order valence-electron chi connectivity index (χ1n) is 6.40. The summed E-state index contributed by atoms with van der Waals surface area (Å²) >= 11 is 0. The average Bonchev–Trinajstić information content (AvgIpc) is 2.90. The van der Waals surface area contributed by atoms with E-state index in [0.717, 1.165) is 11.3 Å². The number of pyridine rings is 1. The van der Waals surface area contributed by atoms with Gasteiger partial charge in [-0.3, -0.25) is 9.78 Å².